The number of rotatable bonds is 10. The van der Waals surface area contributed by atoms with Crippen LogP contribution in [0.3, 0.4) is 0 Å². The summed E-state index contributed by atoms with van der Waals surface area (Å²) in [7, 11) is 0. The SMILES string of the molecule is CCOC(=O)c1cccc(NC(=O)NCC(=O)N2C(C(=O)OC(C)(C)C)CC(C(=O)NCc3ccccc3)C2c2ccccc2F)c1. The van der Waals surface area contributed by atoms with Crippen molar-refractivity contribution in [3.05, 3.63) is 101 Å². The summed E-state index contributed by atoms with van der Waals surface area (Å²) in [4.78, 5) is 67.1. The molecule has 1 heterocycles. The lowest BCUT2D eigenvalue weighted by atomic mass is 9.91. The van der Waals surface area contributed by atoms with Gasteiger partial charge in [-0.15, -0.1) is 0 Å². The van der Waals surface area contributed by atoms with Crippen LogP contribution in [0.2, 0.25) is 0 Å². The molecule has 3 N–H and O–H groups in total. The Kier molecular flexibility index (Phi) is 11.3. The van der Waals surface area contributed by atoms with Gasteiger partial charge < -0.3 is 30.3 Å². The molecule has 3 aromatic rings. The molecule has 3 unspecified atom stereocenters. The number of carbonyl (C=O) groups is 5. The van der Waals surface area contributed by atoms with Gasteiger partial charge >= 0.3 is 18.0 Å². The minimum absolute atomic E-state index is 0.0481. The van der Waals surface area contributed by atoms with Crippen molar-refractivity contribution in [2.75, 3.05) is 18.5 Å². The second-order valence-corrected chi connectivity index (χ2v) is 12.0. The van der Waals surface area contributed by atoms with Gasteiger partial charge in [0.1, 0.15) is 17.5 Å². The third kappa shape index (κ3) is 9.15. The Hall–Kier alpha value is -5.26. The van der Waals surface area contributed by atoms with E-state index in [2.05, 4.69) is 16.0 Å². The third-order valence-electron chi connectivity index (χ3n) is 7.36. The Morgan fingerprint density at radius 2 is 1.62 bits per heavy atom. The number of anilines is 1. The molecule has 248 valence electrons. The van der Waals surface area contributed by atoms with E-state index >= 15 is 4.39 Å². The summed E-state index contributed by atoms with van der Waals surface area (Å²) in [5.74, 6) is -4.20. The number of nitrogens with zero attached hydrogens (tertiary/aromatic N) is 1. The lowest BCUT2D eigenvalue weighted by Gasteiger charge is -2.32. The van der Waals surface area contributed by atoms with Gasteiger partial charge in [-0.2, -0.15) is 0 Å². The van der Waals surface area contributed by atoms with Crippen LogP contribution in [0.5, 0.6) is 0 Å². The highest BCUT2D eigenvalue weighted by atomic mass is 19.1. The molecule has 0 aliphatic carbocycles. The normalized spacial score (nSPS) is 17.4. The summed E-state index contributed by atoms with van der Waals surface area (Å²) < 4.78 is 26.0. The third-order valence-corrected chi connectivity index (χ3v) is 7.36. The summed E-state index contributed by atoms with van der Waals surface area (Å²) in [5.41, 5.74) is 0.464. The Bertz CT molecular complexity index is 1610. The first-order valence-electron chi connectivity index (χ1n) is 15.3. The lowest BCUT2D eigenvalue weighted by molar-refractivity contribution is -0.164. The first kappa shape index (κ1) is 34.6. The maximum atomic E-state index is 15.4. The molecule has 3 aromatic carbocycles. The van der Waals surface area contributed by atoms with Crippen molar-refractivity contribution in [1.82, 2.24) is 15.5 Å². The molecule has 1 aliphatic rings. The fourth-order valence-corrected chi connectivity index (χ4v) is 5.39. The van der Waals surface area contributed by atoms with Crippen LogP contribution >= 0.6 is 0 Å². The van der Waals surface area contributed by atoms with Crippen molar-refractivity contribution in [2.45, 2.75) is 58.3 Å². The van der Waals surface area contributed by atoms with Crippen LogP contribution < -0.4 is 16.0 Å². The first-order valence-corrected chi connectivity index (χ1v) is 15.3. The molecular weight excluding hydrogens is 607 g/mol. The van der Waals surface area contributed by atoms with Crippen LogP contribution in [0.1, 0.15) is 61.6 Å². The number of benzene rings is 3. The van der Waals surface area contributed by atoms with Gasteiger partial charge in [-0.25, -0.2) is 18.8 Å². The van der Waals surface area contributed by atoms with Gasteiger partial charge in [0.15, 0.2) is 0 Å². The molecule has 4 rings (SSSR count). The Labute approximate surface area is 272 Å². The van der Waals surface area contributed by atoms with E-state index in [9.17, 15) is 24.0 Å². The fraction of sp³-hybridized carbons (Fsp3) is 0.343. The maximum Gasteiger partial charge on any atom is 0.338 e. The van der Waals surface area contributed by atoms with Crippen LogP contribution in [0, 0.1) is 11.7 Å². The molecule has 0 aromatic heterocycles. The highest BCUT2D eigenvalue weighted by Crippen LogP contribution is 2.43. The molecule has 11 nitrogen and oxygen atoms in total. The number of nitrogens with one attached hydrogen (secondary N) is 3. The summed E-state index contributed by atoms with van der Waals surface area (Å²) in [6, 6.07) is 17.8. The van der Waals surface area contributed by atoms with E-state index in [0.29, 0.717) is 0 Å². The van der Waals surface area contributed by atoms with Crippen molar-refractivity contribution >= 4 is 35.5 Å². The van der Waals surface area contributed by atoms with Crippen molar-refractivity contribution in [1.29, 1.82) is 0 Å². The lowest BCUT2D eigenvalue weighted by Crippen LogP contribution is -2.49. The van der Waals surface area contributed by atoms with Gasteiger partial charge in [-0.3, -0.25) is 9.59 Å². The molecule has 1 fully saturated rings. The first-order chi connectivity index (χ1) is 22.4. The number of carbonyl (C=O) groups excluding carboxylic acids is 5. The van der Waals surface area contributed by atoms with E-state index in [1.807, 2.05) is 30.3 Å². The Morgan fingerprint density at radius 1 is 0.915 bits per heavy atom. The monoisotopic (exact) mass is 646 g/mol. The standard InChI is InChI=1S/C35H39FN4O7/c1-5-46-32(43)23-14-11-15-24(18-23)39-34(45)38-21-29(41)40-28(33(44)47-35(2,3)4)19-26(30(40)25-16-9-10-17-27(25)36)31(42)37-20-22-12-7-6-8-13-22/h6-18,26,28,30H,5,19-21H2,1-4H3,(H,37,42)(H2,38,39,45). The molecule has 12 heteroatoms. The molecule has 47 heavy (non-hydrogen) atoms. The van der Waals surface area contributed by atoms with Gasteiger partial charge in [-0.1, -0.05) is 54.6 Å². The van der Waals surface area contributed by atoms with E-state index in [4.69, 9.17) is 9.47 Å². The number of urea groups is 1. The number of halogens is 1. The van der Waals surface area contributed by atoms with Crippen LogP contribution in [0.25, 0.3) is 0 Å². The number of amides is 4. The number of likely N-dealkylation sites (tertiary alicyclic amines) is 1. The van der Waals surface area contributed by atoms with Crippen LogP contribution in [-0.4, -0.2) is 59.5 Å². The van der Waals surface area contributed by atoms with E-state index in [-0.39, 0.29) is 36.4 Å². The number of esters is 2. The molecule has 0 bridgehead atoms. The van der Waals surface area contributed by atoms with E-state index in [0.717, 1.165) is 10.5 Å². The molecule has 0 radical (unpaired) electrons. The maximum absolute atomic E-state index is 15.4. The summed E-state index contributed by atoms with van der Waals surface area (Å²) in [6.07, 6.45) is -0.132. The molecule has 4 amide bonds. The minimum atomic E-state index is -1.25. The van der Waals surface area contributed by atoms with E-state index in [1.54, 1.807) is 45.9 Å². The zero-order valence-corrected chi connectivity index (χ0v) is 26.7. The summed E-state index contributed by atoms with van der Waals surface area (Å²) in [5, 5.41) is 7.88. The highest BCUT2D eigenvalue weighted by Gasteiger charge is 2.52. The largest absolute Gasteiger partial charge is 0.462 e. The molecule has 0 spiro atoms. The average molecular weight is 647 g/mol. The van der Waals surface area contributed by atoms with Crippen LogP contribution in [-0.2, 0) is 30.4 Å². The van der Waals surface area contributed by atoms with Gasteiger partial charge in [-0.05, 0) is 63.9 Å². The zero-order chi connectivity index (χ0) is 34.1. The average Bonchev–Trinajstić information content (AvgIpc) is 3.44. The number of ether oxygens (including phenoxy) is 2. The number of hydrogen-bond donors (Lipinski definition) is 3. The zero-order valence-electron chi connectivity index (χ0n) is 26.7. The van der Waals surface area contributed by atoms with Gasteiger partial charge in [0.25, 0.3) is 0 Å². The van der Waals surface area contributed by atoms with Gasteiger partial charge in [0.05, 0.1) is 30.7 Å². The predicted octanol–water partition coefficient (Wildman–Crippen LogP) is 4.74. The molecule has 1 aliphatic heterocycles. The second kappa shape index (κ2) is 15.4. The van der Waals surface area contributed by atoms with Gasteiger partial charge in [0.2, 0.25) is 11.8 Å². The molecule has 3 atom stereocenters. The van der Waals surface area contributed by atoms with E-state index < -0.39 is 65.7 Å². The van der Waals surface area contributed by atoms with Crippen molar-refractivity contribution in [2.24, 2.45) is 5.92 Å². The highest BCUT2D eigenvalue weighted by molar-refractivity contribution is 5.96. The smallest absolute Gasteiger partial charge is 0.338 e. The van der Waals surface area contributed by atoms with Crippen LogP contribution in [0.4, 0.5) is 14.9 Å². The molecular formula is C35H39FN4O7. The summed E-state index contributed by atoms with van der Waals surface area (Å²) in [6.45, 7) is 6.47. The Morgan fingerprint density at radius 3 is 2.30 bits per heavy atom. The Balaban J connectivity index is 1.59. The second-order valence-electron chi connectivity index (χ2n) is 12.0. The minimum Gasteiger partial charge on any atom is -0.462 e. The fourth-order valence-electron chi connectivity index (χ4n) is 5.39. The quantitative estimate of drug-likeness (QED) is 0.270. The summed E-state index contributed by atoms with van der Waals surface area (Å²) >= 11 is 0. The molecule has 1 saturated heterocycles. The van der Waals surface area contributed by atoms with E-state index in [1.165, 1.54) is 30.3 Å². The number of hydrogen-bond acceptors (Lipinski definition) is 7. The predicted molar refractivity (Wildman–Crippen MR) is 171 cm³/mol. The topological polar surface area (TPSA) is 143 Å². The van der Waals surface area contributed by atoms with Crippen molar-refractivity contribution < 1.29 is 37.8 Å². The molecule has 0 saturated carbocycles. The van der Waals surface area contributed by atoms with Crippen molar-refractivity contribution in [3.63, 3.8) is 0 Å². The van der Waals surface area contributed by atoms with Crippen LogP contribution in [0.15, 0.2) is 78.9 Å². The van der Waals surface area contributed by atoms with Crippen molar-refractivity contribution in [3.8, 4) is 0 Å². The van der Waals surface area contributed by atoms with Gasteiger partial charge in [0, 0.05) is 17.8 Å².